The summed E-state index contributed by atoms with van der Waals surface area (Å²) >= 11 is 0. The molecule has 0 amide bonds. The van der Waals surface area contributed by atoms with E-state index in [1.807, 2.05) is 13.8 Å². The first-order valence-electron chi connectivity index (χ1n) is 5.17. The number of hydrogen-bond donors (Lipinski definition) is 1. The highest BCUT2D eigenvalue weighted by Gasteiger charge is 2.24. The van der Waals surface area contributed by atoms with Crippen molar-refractivity contribution in [3.63, 3.8) is 0 Å². The van der Waals surface area contributed by atoms with Gasteiger partial charge < -0.3 is 9.84 Å². The van der Waals surface area contributed by atoms with Gasteiger partial charge in [0.15, 0.2) is 0 Å². The minimum Gasteiger partial charge on any atom is -0.465 e. The van der Waals surface area contributed by atoms with E-state index < -0.39 is 22.0 Å². The van der Waals surface area contributed by atoms with Crippen LogP contribution in [0.2, 0.25) is 0 Å². The van der Waals surface area contributed by atoms with Gasteiger partial charge in [0.2, 0.25) is 0 Å². The molecule has 5 heteroatoms. The molecule has 2 atom stereocenters. The maximum absolute atomic E-state index is 11.5. The van der Waals surface area contributed by atoms with E-state index in [4.69, 9.17) is 9.84 Å². The lowest BCUT2D eigenvalue weighted by Crippen LogP contribution is -2.30. The Morgan fingerprint density at radius 3 is 2.47 bits per heavy atom. The van der Waals surface area contributed by atoms with Crippen molar-refractivity contribution in [2.24, 2.45) is 5.92 Å². The third-order valence-corrected chi connectivity index (χ3v) is 3.55. The van der Waals surface area contributed by atoms with Gasteiger partial charge in [-0.2, -0.15) is 0 Å². The van der Waals surface area contributed by atoms with Crippen LogP contribution in [0.1, 0.15) is 27.2 Å². The Morgan fingerprint density at radius 2 is 2.07 bits per heavy atom. The number of esters is 1. The molecule has 0 aromatic rings. The van der Waals surface area contributed by atoms with Gasteiger partial charge in [-0.25, -0.2) is 0 Å². The molecule has 0 aliphatic carbocycles. The van der Waals surface area contributed by atoms with Crippen molar-refractivity contribution < 1.29 is 18.8 Å². The summed E-state index contributed by atoms with van der Waals surface area (Å²) in [5.41, 5.74) is 0. The third kappa shape index (κ3) is 5.89. The van der Waals surface area contributed by atoms with Crippen molar-refractivity contribution in [1.29, 1.82) is 0 Å². The number of hydrogen-bond acceptors (Lipinski definition) is 4. The van der Waals surface area contributed by atoms with Crippen LogP contribution >= 0.6 is 0 Å². The van der Waals surface area contributed by atoms with E-state index in [2.05, 4.69) is 0 Å². The highest BCUT2D eigenvalue weighted by atomic mass is 32.2. The number of aliphatic hydroxyl groups is 1. The summed E-state index contributed by atoms with van der Waals surface area (Å²) < 4.78 is 16.5. The second kappa shape index (κ2) is 7.82. The zero-order valence-electron chi connectivity index (χ0n) is 9.56. The fourth-order valence-electron chi connectivity index (χ4n) is 1.03. The highest BCUT2D eigenvalue weighted by molar-refractivity contribution is 7.86. The van der Waals surface area contributed by atoms with E-state index in [9.17, 15) is 9.00 Å². The van der Waals surface area contributed by atoms with Crippen LogP contribution in [-0.4, -0.2) is 39.5 Å². The van der Waals surface area contributed by atoms with Gasteiger partial charge in [0, 0.05) is 16.6 Å². The van der Waals surface area contributed by atoms with E-state index in [-0.39, 0.29) is 18.3 Å². The van der Waals surface area contributed by atoms with Crippen LogP contribution in [-0.2, 0) is 20.3 Å². The number of aliphatic hydroxyl groups excluding tert-OH is 1. The van der Waals surface area contributed by atoms with E-state index in [1.165, 1.54) is 0 Å². The van der Waals surface area contributed by atoms with Crippen LogP contribution in [0.4, 0.5) is 0 Å². The first-order chi connectivity index (χ1) is 7.02. The molecule has 0 saturated heterocycles. The summed E-state index contributed by atoms with van der Waals surface area (Å²) in [4.78, 5) is 11.5. The van der Waals surface area contributed by atoms with E-state index >= 15 is 0 Å². The second-order valence-corrected chi connectivity index (χ2v) is 5.47. The van der Waals surface area contributed by atoms with Crippen molar-refractivity contribution in [1.82, 2.24) is 0 Å². The summed E-state index contributed by atoms with van der Waals surface area (Å²) in [6, 6.07) is 0. The molecule has 4 nitrogen and oxygen atoms in total. The van der Waals surface area contributed by atoms with Gasteiger partial charge in [0.25, 0.3) is 0 Å². The van der Waals surface area contributed by atoms with Gasteiger partial charge in [-0.15, -0.1) is 0 Å². The number of rotatable bonds is 7. The average Bonchev–Trinajstić information content (AvgIpc) is 2.16. The maximum Gasteiger partial charge on any atom is 0.321 e. The van der Waals surface area contributed by atoms with E-state index in [0.717, 1.165) is 0 Å². The molecule has 0 aliphatic heterocycles. The first-order valence-corrected chi connectivity index (χ1v) is 6.55. The van der Waals surface area contributed by atoms with Crippen molar-refractivity contribution in [3.05, 3.63) is 0 Å². The predicted octanol–water partition coefficient (Wildman–Crippen LogP) is 0.705. The van der Waals surface area contributed by atoms with Crippen molar-refractivity contribution in [3.8, 4) is 0 Å². The van der Waals surface area contributed by atoms with Crippen LogP contribution in [0.3, 0.4) is 0 Å². The lowest BCUT2D eigenvalue weighted by atomic mass is 10.2. The number of carbonyl (C=O) groups is 1. The summed E-state index contributed by atoms with van der Waals surface area (Å²) in [5.74, 6) is -0.00864. The molecule has 0 rings (SSSR count). The molecule has 2 unspecified atom stereocenters. The van der Waals surface area contributed by atoms with Gasteiger partial charge in [0.1, 0.15) is 5.25 Å². The zero-order valence-corrected chi connectivity index (χ0v) is 10.4. The molecule has 0 saturated carbocycles. The molecular weight excluding hydrogens is 216 g/mol. The van der Waals surface area contributed by atoms with Gasteiger partial charge >= 0.3 is 5.97 Å². The number of carbonyl (C=O) groups excluding carboxylic acids is 1. The lowest BCUT2D eigenvalue weighted by molar-refractivity contribution is -0.144. The Bertz CT molecular complexity index is 215. The molecule has 0 heterocycles. The molecular formula is C10H20O4S. The van der Waals surface area contributed by atoms with Gasteiger partial charge in [0.05, 0.1) is 13.2 Å². The monoisotopic (exact) mass is 236 g/mol. The van der Waals surface area contributed by atoms with Gasteiger partial charge in [-0.3, -0.25) is 9.00 Å². The van der Waals surface area contributed by atoms with Crippen LogP contribution < -0.4 is 0 Å². The molecule has 1 N–H and O–H groups in total. The molecule has 0 fully saturated rings. The molecule has 0 aromatic heterocycles. The van der Waals surface area contributed by atoms with Crippen molar-refractivity contribution in [2.75, 3.05) is 19.0 Å². The Labute approximate surface area is 93.5 Å². The topological polar surface area (TPSA) is 63.6 Å². The average molecular weight is 236 g/mol. The van der Waals surface area contributed by atoms with E-state index in [1.54, 1.807) is 6.92 Å². The summed E-state index contributed by atoms with van der Waals surface area (Å²) in [7, 11) is -1.33. The molecule has 15 heavy (non-hydrogen) atoms. The molecule has 0 bridgehead atoms. The Balaban J connectivity index is 4.15. The second-order valence-electron chi connectivity index (χ2n) is 3.73. The van der Waals surface area contributed by atoms with Crippen LogP contribution in [0.5, 0.6) is 0 Å². The first kappa shape index (κ1) is 14.6. The molecule has 90 valence electrons. The highest BCUT2D eigenvalue weighted by Crippen LogP contribution is 2.06. The zero-order chi connectivity index (χ0) is 11.8. The fraction of sp³-hybridized carbons (Fsp3) is 0.900. The van der Waals surface area contributed by atoms with Gasteiger partial charge in [-0.1, -0.05) is 20.8 Å². The molecule has 0 radical (unpaired) electrons. The smallest absolute Gasteiger partial charge is 0.321 e. The lowest BCUT2D eigenvalue weighted by Gasteiger charge is -2.14. The molecule has 0 aromatic carbocycles. The van der Waals surface area contributed by atoms with E-state index in [0.29, 0.717) is 13.0 Å². The summed E-state index contributed by atoms with van der Waals surface area (Å²) in [6.07, 6.45) is 0.476. The number of ether oxygens (including phenoxy) is 1. The quantitative estimate of drug-likeness (QED) is 0.661. The molecule has 0 spiro atoms. The SMILES string of the molecule is CCC(C(=O)OCC(C)C)S(=O)CCO. The minimum atomic E-state index is -1.33. The minimum absolute atomic E-state index is 0.134. The normalized spacial score (nSPS) is 15.0. The summed E-state index contributed by atoms with van der Waals surface area (Å²) in [6.45, 7) is 5.86. The van der Waals surface area contributed by atoms with Crippen LogP contribution in [0, 0.1) is 5.92 Å². The standard InChI is InChI=1S/C10H20O4S/c1-4-9(15(13)6-5-11)10(12)14-7-8(2)3/h8-9,11H,4-7H2,1-3H3. The van der Waals surface area contributed by atoms with Crippen molar-refractivity contribution in [2.45, 2.75) is 32.4 Å². The van der Waals surface area contributed by atoms with Crippen LogP contribution in [0.15, 0.2) is 0 Å². The van der Waals surface area contributed by atoms with Crippen molar-refractivity contribution >= 4 is 16.8 Å². The Hall–Kier alpha value is -0.420. The Kier molecular flexibility index (Phi) is 7.60. The molecule has 0 aliphatic rings. The maximum atomic E-state index is 11.5. The van der Waals surface area contributed by atoms with Crippen LogP contribution in [0.25, 0.3) is 0 Å². The predicted molar refractivity (Wildman–Crippen MR) is 60.0 cm³/mol. The summed E-state index contributed by atoms with van der Waals surface area (Å²) in [5, 5.41) is 8.03. The fourth-order valence-corrected chi connectivity index (χ4v) is 2.15. The largest absolute Gasteiger partial charge is 0.465 e. The van der Waals surface area contributed by atoms with Gasteiger partial charge in [-0.05, 0) is 12.3 Å². The Morgan fingerprint density at radius 1 is 1.47 bits per heavy atom. The third-order valence-electron chi connectivity index (χ3n) is 1.80.